The molecule has 198 valence electrons. The summed E-state index contributed by atoms with van der Waals surface area (Å²) >= 11 is 0. The second kappa shape index (κ2) is 9.42. The molecule has 2 aromatic carbocycles. The molecule has 1 N–H and O–H groups in total. The van der Waals surface area contributed by atoms with E-state index in [0.29, 0.717) is 18.8 Å². The topological polar surface area (TPSA) is 104 Å². The van der Waals surface area contributed by atoms with Crippen molar-refractivity contribution in [3.05, 3.63) is 70.1 Å². The van der Waals surface area contributed by atoms with Crippen molar-refractivity contribution < 1.29 is 8.78 Å². The molecule has 2 aliphatic rings. The lowest BCUT2D eigenvalue weighted by molar-refractivity contribution is 0.176. The van der Waals surface area contributed by atoms with Crippen molar-refractivity contribution in [3.63, 3.8) is 0 Å². The van der Waals surface area contributed by atoms with Gasteiger partial charge in [-0.3, -0.25) is 14.0 Å². The standard InChI is InChI=1S/C29H27F2N7O/c1-36-24-5-4-22(14-20(24)17-34-36)38-26(18-2-3-19(16-32)23(30)15-18)35-27(25(31)28(38)39)37-12-10-29(11-13-37)8-6-21(33)7-9-29/h2-5,14-15,17,33H,6-13H2,1H3. The number of halogens is 2. The zero-order chi connectivity index (χ0) is 27.3. The van der Waals surface area contributed by atoms with Gasteiger partial charge in [-0.15, -0.1) is 0 Å². The zero-order valence-corrected chi connectivity index (χ0v) is 21.5. The Labute approximate surface area is 223 Å². The first kappa shape index (κ1) is 24.9. The molecule has 39 heavy (non-hydrogen) atoms. The molecule has 6 rings (SSSR count). The molecule has 2 aromatic heterocycles. The molecule has 0 unspecified atom stereocenters. The minimum atomic E-state index is -0.958. The van der Waals surface area contributed by atoms with Crippen LogP contribution in [0.4, 0.5) is 14.6 Å². The summed E-state index contributed by atoms with van der Waals surface area (Å²) in [6.07, 6.45) is 6.86. The molecule has 1 aliphatic carbocycles. The molecule has 0 bridgehead atoms. The number of nitrogens with zero attached hydrogens (tertiary/aromatic N) is 6. The van der Waals surface area contributed by atoms with Crippen LogP contribution in [0.3, 0.4) is 0 Å². The maximum atomic E-state index is 15.8. The summed E-state index contributed by atoms with van der Waals surface area (Å²) in [5.74, 6) is -1.65. The van der Waals surface area contributed by atoms with Crippen LogP contribution in [0.1, 0.15) is 44.1 Å². The maximum Gasteiger partial charge on any atom is 0.296 e. The highest BCUT2D eigenvalue weighted by atomic mass is 19.1. The molecule has 3 heterocycles. The maximum absolute atomic E-state index is 15.8. The van der Waals surface area contributed by atoms with Crippen LogP contribution in [0, 0.1) is 33.8 Å². The Morgan fingerprint density at radius 3 is 2.49 bits per heavy atom. The molecule has 0 radical (unpaired) electrons. The summed E-state index contributed by atoms with van der Waals surface area (Å²) in [5.41, 5.74) is 1.40. The van der Waals surface area contributed by atoms with Crippen molar-refractivity contribution in [2.45, 2.75) is 38.5 Å². The van der Waals surface area contributed by atoms with E-state index in [1.807, 2.05) is 0 Å². The number of benzene rings is 2. The molecular formula is C29H27F2N7O. The van der Waals surface area contributed by atoms with Gasteiger partial charge in [0.25, 0.3) is 5.56 Å². The molecule has 0 amide bonds. The largest absolute Gasteiger partial charge is 0.354 e. The molecule has 1 aliphatic heterocycles. The number of fused-ring (bicyclic) bond motifs is 1. The number of aromatic nitrogens is 4. The Morgan fingerprint density at radius 2 is 1.79 bits per heavy atom. The molecule has 1 spiro atoms. The van der Waals surface area contributed by atoms with E-state index < -0.39 is 17.2 Å². The minimum Gasteiger partial charge on any atom is -0.354 e. The monoisotopic (exact) mass is 527 g/mol. The summed E-state index contributed by atoms with van der Waals surface area (Å²) in [6, 6.07) is 11.0. The average molecular weight is 528 g/mol. The molecule has 10 heteroatoms. The first-order valence-corrected chi connectivity index (χ1v) is 13.0. The quantitative estimate of drug-likeness (QED) is 0.399. The second-order valence-electron chi connectivity index (χ2n) is 10.6. The Balaban J connectivity index is 1.46. The van der Waals surface area contributed by atoms with Gasteiger partial charge < -0.3 is 10.3 Å². The van der Waals surface area contributed by atoms with E-state index in [4.69, 9.17) is 5.41 Å². The number of piperidine rings is 1. The summed E-state index contributed by atoms with van der Waals surface area (Å²) in [7, 11) is 1.80. The predicted octanol–water partition coefficient (Wildman–Crippen LogP) is 5.12. The first-order valence-electron chi connectivity index (χ1n) is 13.0. The molecular weight excluding hydrogens is 500 g/mol. The smallest absolute Gasteiger partial charge is 0.296 e. The van der Waals surface area contributed by atoms with Gasteiger partial charge in [0.1, 0.15) is 17.7 Å². The number of rotatable bonds is 3. The molecule has 2 fully saturated rings. The van der Waals surface area contributed by atoms with E-state index >= 15 is 4.39 Å². The molecule has 0 atom stereocenters. The number of nitrogens with one attached hydrogen (secondary N) is 1. The van der Waals surface area contributed by atoms with Gasteiger partial charge in [-0.2, -0.15) is 14.8 Å². The van der Waals surface area contributed by atoms with Crippen molar-refractivity contribution >= 4 is 22.4 Å². The van der Waals surface area contributed by atoms with E-state index in [2.05, 4.69) is 10.1 Å². The Kier molecular flexibility index (Phi) is 6.02. The Hall–Kier alpha value is -4.39. The number of aryl methyl sites for hydroxylation is 1. The minimum absolute atomic E-state index is 0.0446. The SMILES string of the molecule is Cn1ncc2cc(-n3c(-c4ccc(C#N)c(F)c4)nc(N4CCC5(CCC(=N)CC5)CC4)c(F)c3=O)ccc21. The fourth-order valence-electron chi connectivity index (χ4n) is 5.94. The van der Waals surface area contributed by atoms with Crippen molar-refractivity contribution in [2.24, 2.45) is 12.5 Å². The molecule has 1 saturated carbocycles. The van der Waals surface area contributed by atoms with E-state index in [1.54, 1.807) is 47.1 Å². The third-order valence-electron chi connectivity index (χ3n) is 8.38. The summed E-state index contributed by atoms with van der Waals surface area (Å²) in [4.78, 5) is 20.1. The van der Waals surface area contributed by atoms with Crippen LogP contribution in [0.25, 0.3) is 28.0 Å². The Bertz CT molecular complexity index is 1710. The van der Waals surface area contributed by atoms with Crippen LogP contribution < -0.4 is 10.5 Å². The predicted molar refractivity (Wildman–Crippen MR) is 144 cm³/mol. The van der Waals surface area contributed by atoms with E-state index in [-0.39, 0.29) is 28.2 Å². The molecule has 1 saturated heterocycles. The van der Waals surface area contributed by atoms with Crippen LogP contribution in [0.15, 0.2) is 47.4 Å². The highest BCUT2D eigenvalue weighted by Gasteiger charge is 2.38. The van der Waals surface area contributed by atoms with Crippen LogP contribution in [-0.4, -0.2) is 38.1 Å². The first-order chi connectivity index (χ1) is 18.8. The second-order valence-corrected chi connectivity index (χ2v) is 10.6. The fourth-order valence-corrected chi connectivity index (χ4v) is 5.94. The lowest BCUT2D eigenvalue weighted by Gasteiger charge is -2.44. The van der Waals surface area contributed by atoms with Gasteiger partial charge in [0.05, 0.1) is 23.0 Å². The molecule has 4 aromatic rings. The third-order valence-corrected chi connectivity index (χ3v) is 8.38. The Morgan fingerprint density at radius 1 is 1.05 bits per heavy atom. The van der Waals surface area contributed by atoms with Gasteiger partial charge in [-0.1, -0.05) is 0 Å². The third kappa shape index (κ3) is 4.28. The summed E-state index contributed by atoms with van der Waals surface area (Å²) < 4.78 is 33.4. The van der Waals surface area contributed by atoms with Gasteiger partial charge in [0.15, 0.2) is 5.82 Å². The van der Waals surface area contributed by atoms with Crippen LogP contribution in [-0.2, 0) is 7.05 Å². The van der Waals surface area contributed by atoms with Gasteiger partial charge in [-0.05, 0) is 80.3 Å². The number of hydrogen-bond donors (Lipinski definition) is 1. The van der Waals surface area contributed by atoms with Gasteiger partial charge >= 0.3 is 0 Å². The normalized spacial score (nSPS) is 17.1. The van der Waals surface area contributed by atoms with Gasteiger partial charge in [0, 0.05) is 36.8 Å². The van der Waals surface area contributed by atoms with Crippen molar-refractivity contribution in [3.8, 4) is 23.1 Å². The van der Waals surface area contributed by atoms with Crippen molar-refractivity contribution in [1.29, 1.82) is 10.7 Å². The number of nitriles is 1. The fraction of sp³-hybridized carbons (Fsp3) is 0.345. The van der Waals surface area contributed by atoms with E-state index in [1.165, 1.54) is 12.1 Å². The number of anilines is 1. The molecule has 8 nitrogen and oxygen atoms in total. The van der Waals surface area contributed by atoms with Gasteiger partial charge in [-0.25, -0.2) is 9.37 Å². The highest BCUT2D eigenvalue weighted by molar-refractivity contribution is 5.82. The average Bonchev–Trinajstić information content (AvgIpc) is 3.32. The van der Waals surface area contributed by atoms with Crippen LogP contribution in [0.2, 0.25) is 0 Å². The van der Waals surface area contributed by atoms with Crippen LogP contribution >= 0.6 is 0 Å². The lowest BCUT2D eigenvalue weighted by Crippen LogP contribution is -2.43. The highest BCUT2D eigenvalue weighted by Crippen LogP contribution is 2.44. The number of hydrogen-bond acceptors (Lipinski definition) is 6. The lowest BCUT2D eigenvalue weighted by atomic mass is 9.67. The van der Waals surface area contributed by atoms with Crippen LogP contribution in [0.5, 0.6) is 0 Å². The summed E-state index contributed by atoms with van der Waals surface area (Å²) in [6.45, 7) is 1.09. The van der Waals surface area contributed by atoms with E-state index in [0.717, 1.165) is 65.8 Å². The van der Waals surface area contributed by atoms with Crippen molar-refractivity contribution in [1.82, 2.24) is 19.3 Å². The van der Waals surface area contributed by atoms with E-state index in [9.17, 15) is 14.4 Å². The summed E-state index contributed by atoms with van der Waals surface area (Å²) in [5, 5.41) is 22.1. The van der Waals surface area contributed by atoms with Gasteiger partial charge in [0.2, 0.25) is 5.82 Å². The van der Waals surface area contributed by atoms with Crippen molar-refractivity contribution in [2.75, 3.05) is 18.0 Å². The zero-order valence-electron chi connectivity index (χ0n) is 21.5.